The molecule has 4 rings (SSSR count). The molecule has 34 heavy (non-hydrogen) atoms. The summed E-state index contributed by atoms with van der Waals surface area (Å²) in [5.41, 5.74) is 0.729. The number of benzene rings is 1. The average molecular weight is 494 g/mol. The standard InChI is InChI=1S/C22H22F3N5O3S/c1-33-21(32)18-12-30(28-27-18)17-8-19(29(11-17)10-15-5-6-34-13-15)20(31)26-9-14-3-2-4-16(7-14)22(23,24)25/h2-7,12-13,17,19H,8-11H2,1H3,(H,26,31)/t17-,19+/m1/s1. The number of aromatic nitrogens is 3. The maximum atomic E-state index is 13.1. The normalized spacial score (nSPS) is 18.7. The molecule has 1 aromatic carbocycles. The number of alkyl halides is 3. The minimum atomic E-state index is -4.45. The molecule has 0 spiro atoms. The second-order valence-electron chi connectivity index (χ2n) is 7.96. The lowest BCUT2D eigenvalue weighted by atomic mass is 10.1. The fourth-order valence-corrected chi connectivity index (χ4v) is 4.61. The van der Waals surface area contributed by atoms with E-state index in [1.165, 1.54) is 19.4 Å². The number of methoxy groups -OCH3 is 1. The Balaban J connectivity index is 1.47. The highest BCUT2D eigenvalue weighted by Crippen LogP contribution is 2.31. The zero-order chi connectivity index (χ0) is 24.3. The van der Waals surface area contributed by atoms with Gasteiger partial charge in [-0.25, -0.2) is 9.48 Å². The van der Waals surface area contributed by atoms with Crippen molar-refractivity contribution in [3.05, 3.63) is 69.7 Å². The van der Waals surface area contributed by atoms with Crippen molar-refractivity contribution < 1.29 is 27.5 Å². The molecular weight excluding hydrogens is 471 g/mol. The van der Waals surface area contributed by atoms with Crippen LogP contribution in [0.4, 0.5) is 13.2 Å². The van der Waals surface area contributed by atoms with E-state index in [9.17, 15) is 22.8 Å². The minimum Gasteiger partial charge on any atom is -0.464 e. The lowest BCUT2D eigenvalue weighted by molar-refractivity contribution is -0.137. The number of nitrogens with zero attached hydrogens (tertiary/aromatic N) is 4. The minimum absolute atomic E-state index is 0.0218. The number of ether oxygens (including phenoxy) is 1. The molecule has 1 amide bonds. The number of carbonyl (C=O) groups is 2. The van der Waals surface area contributed by atoms with Crippen LogP contribution in [-0.4, -0.2) is 51.5 Å². The Morgan fingerprint density at radius 1 is 1.26 bits per heavy atom. The average Bonchev–Trinajstić information content (AvgIpc) is 3.58. The van der Waals surface area contributed by atoms with E-state index in [0.717, 1.165) is 17.7 Å². The summed E-state index contributed by atoms with van der Waals surface area (Å²) in [6.07, 6.45) is -2.55. The van der Waals surface area contributed by atoms with Gasteiger partial charge in [-0.3, -0.25) is 9.69 Å². The molecule has 3 aromatic rings. The molecule has 2 aromatic heterocycles. The van der Waals surface area contributed by atoms with Crippen LogP contribution in [0.15, 0.2) is 47.3 Å². The molecule has 12 heteroatoms. The van der Waals surface area contributed by atoms with Gasteiger partial charge in [-0.15, -0.1) is 5.10 Å². The predicted octanol–water partition coefficient (Wildman–Crippen LogP) is 3.28. The van der Waals surface area contributed by atoms with E-state index in [4.69, 9.17) is 0 Å². The van der Waals surface area contributed by atoms with E-state index in [0.29, 0.717) is 25.1 Å². The Labute approximate surface area is 197 Å². The molecule has 3 heterocycles. The van der Waals surface area contributed by atoms with Crippen molar-refractivity contribution in [2.24, 2.45) is 0 Å². The number of likely N-dealkylation sites (tertiary alicyclic amines) is 1. The van der Waals surface area contributed by atoms with Gasteiger partial charge in [0.2, 0.25) is 5.91 Å². The van der Waals surface area contributed by atoms with Crippen LogP contribution in [0.1, 0.15) is 39.6 Å². The Hall–Kier alpha value is -3.25. The predicted molar refractivity (Wildman–Crippen MR) is 117 cm³/mol. The molecule has 0 radical (unpaired) electrons. The van der Waals surface area contributed by atoms with Gasteiger partial charge in [0, 0.05) is 19.6 Å². The summed E-state index contributed by atoms with van der Waals surface area (Å²) in [5, 5.41) is 14.6. The SMILES string of the molecule is COC(=O)c1cn([C@@H]2C[C@@H](C(=O)NCc3cccc(C(F)(F)F)c3)N(Cc3ccsc3)C2)nn1. The Bertz CT molecular complexity index is 1150. The van der Waals surface area contributed by atoms with Gasteiger partial charge >= 0.3 is 12.1 Å². The molecule has 1 fully saturated rings. The second-order valence-corrected chi connectivity index (χ2v) is 8.74. The molecule has 8 nitrogen and oxygen atoms in total. The van der Waals surface area contributed by atoms with E-state index in [1.54, 1.807) is 22.1 Å². The number of rotatable bonds is 7. The zero-order valence-electron chi connectivity index (χ0n) is 18.2. The summed E-state index contributed by atoms with van der Waals surface area (Å²) in [6.45, 7) is 0.994. The Morgan fingerprint density at radius 2 is 2.09 bits per heavy atom. The van der Waals surface area contributed by atoms with Gasteiger partial charge in [0.25, 0.3) is 0 Å². The van der Waals surface area contributed by atoms with Crippen LogP contribution in [0.25, 0.3) is 0 Å². The maximum Gasteiger partial charge on any atom is 0.416 e. The van der Waals surface area contributed by atoms with Gasteiger partial charge in [-0.2, -0.15) is 24.5 Å². The molecule has 1 aliphatic heterocycles. The van der Waals surface area contributed by atoms with Crippen LogP contribution in [-0.2, 0) is 28.8 Å². The van der Waals surface area contributed by atoms with E-state index >= 15 is 0 Å². The maximum absolute atomic E-state index is 13.1. The van der Waals surface area contributed by atoms with E-state index in [1.807, 2.05) is 21.7 Å². The number of nitrogens with one attached hydrogen (secondary N) is 1. The van der Waals surface area contributed by atoms with Gasteiger partial charge in [0.1, 0.15) is 0 Å². The second kappa shape index (κ2) is 9.94. The molecule has 0 unspecified atom stereocenters. The number of hydrogen-bond acceptors (Lipinski definition) is 7. The summed E-state index contributed by atoms with van der Waals surface area (Å²) in [6, 6.07) is 6.12. The van der Waals surface area contributed by atoms with Crippen LogP contribution < -0.4 is 5.32 Å². The van der Waals surface area contributed by atoms with Crippen molar-refractivity contribution >= 4 is 23.2 Å². The van der Waals surface area contributed by atoms with Crippen molar-refractivity contribution in [2.75, 3.05) is 13.7 Å². The monoisotopic (exact) mass is 493 g/mol. The molecule has 2 atom stereocenters. The van der Waals surface area contributed by atoms with Crippen molar-refractivity contribution in [1.29, 1.82) is 0 Å². The third kappa shape index (κ3) is 5.45. The van der Waals surface area contributed by atoms with Gasteiger partial charge in [0.15, 0.2) is 5.69 Å². The first-order valence-corrected chi connectivity index (χ1v) is 11.4. The van der Waals surface area contributed by atoms with E-state index in [-0.39, 0.29) is 24.2 Å². The molecule has 180 valence electrons. The quantitative estimate of drug-likeness (QED) is 0.509. The van der Waals surface area contributed by atoms with Crippen LogP contribution >= 0.6 is 11.3 Å². The highest BCUT2D eigenvalue weighted by Gasteiger charge is 2.38. The first-order valence-electron chi connectivity index (χ1n) is 10.4. The van der Waals surface area contributed by atoms with Crippen molar-refractivity contribution in [2.45, 2.75) is 37.8 Å². The lowest BCUT2D eigenvalue weighted by Crippen LogP contribution is -2.42. The third-order valence-corrected chi connectivity index (χ3v) is 6.38. The number of esters is 1. The molecule has 0 saturated carbocycles. The highest BCUT2D eigenvalue weighted by molar-refractivity contribution is 7.07. The number of hydrogen-bond donors (Lipinski definition) is 1. The van der Waals surface area contributed by atoms with Crippen LogP contribution in [0.5, 0.6) is 0 Å². The Kier molecular flexibility index (Phi) is 6.98. The summed E-state index contributed by atoms with van der Waals surface area (Å²) < 4.78 is 45.2. The first-order chi connectivity index (χ1) is 16.2. The molecular formula is C22H22F3N5O3S. The molecule has 1 aliphatic rings. The van der Waals surface area contributed by atoms with Crippen molar-refractivity contribution in [3.8, 4) is 0 Å². The van der Waals surface area contributed by atoms with E-state index < -0.39 is 23.8 Å². The highest BCUT2D eigenvalue weighted by atomic mass is 32.1. The summed E-state index contributed by atoms with van der Waals surface area (Å²) in [4.78, 5) is 26.8. The van der Waals surface area contributed by atoms with Crippen LogP contribution in [0.3, 0.4) is 0 Å². The van der Waals surface area contributed by atoms with Crippen LogP contribution in [0.2, 0.25) is 0 Å². The zero-order valence-corrected chi connectivity index (χ0v) is 19.0. The van der Waals surface area contributed by atoms with Gasteiger partial charge in [0.05, 0.1) is 31.0 Å². The van der Waals surface area contributed by atoms with Crippen molar-refractivity contribution in [3.63, 3.8) is 0 Å². The van der Waals surface area contributed by atoms with Crippen LogP contribution in [0, 0.1) is 0 Å². The van der Waals surface area contributed by atoms with Gasteiger partial charge in [-0.05, 0) is 46.5 Å². The number of carbonyl (C=O) groups excluding carboxylic acids is 2. The molecule has 1 saturated heterocycles. The lowest BCUT2D eigenvalue weighted by Gasteiger charge is -2.23. The molecule has 0 bridgehead atoms. The van der Waals surface area contributed by atoms with E-state index in [2.05, 4.69) is 20.4 Å². The Morgan fingerprint density at radius 3 is 2.79 bits per heavy atom. The largest absolute Gasteiger partial charge is 0.464 e. The first kappa shape index (κ1) is 23.9. The van der Waals surface area contributed by atoms with Gasteiger partial charge in [-0.1, -0.05) is 17.3 Å². The van der Waals surface area contributed by atoms with Crippen molar-refractivity contribution in [1.82, 2.24) is 25.2 Å². The fraction of sp³-hybridized carbons (Fsp3) is 0.364. The smallest absolute Gasteiger partial charge is 0.416 e. The topological polar surface area (TPSA) is 89.4 Å². The molecule has 1 N–H and O–H groups in total. The number of amides is 1. The third-order valence-electron chi connectivity index (χ3n) is 5.65. The summed E-state index contributed by atoms with van der Waals surface area (Å²) in [7, 11) is 1.25. The number of halogens is 3. The fourth-order valence-electron chi connectivity index (χ4n) is 3.95. The summed E-state index contributed by atoms with van der Waals surface area (Å²) >= 11 is 1.55. The van der Waals surface area contributed by atoms with Gasteiger partial charge < -0.3 is 10.1 Å². The molecule has 0 aliphatic carbocycles. The summed E-state index contributed by atoms with van der Waals surface area (Å²) in [5.74, 6) is -0.891. The number of thiophene rings is 1.